The van der Waals surface area contributed by atoms with E-state index in [1.807, 2.05) is 24.3 Å². The third-order valence-corrected chi connectivity index (χ3v) is 4.08. The Balaban J connectivity index is 0.00000341. The Morgan fingerprint density at radius 3 is 2.39 bits per heavy atom. The van der Waals surface area contributed by atoms with Gasteiger partial charge >= 0.3 is 6.18 Å². The minimum absolute atomic E-state index is 0. The van der Waals surface area contributed by atoms with Crippen LogP contribution in [0, 0.1) is 0 Å². The Morgan fingerprint density at radius 2 is 1.77 bits per heavy atom. The number of guanidine groups is 1. The summed E-state index contributed by atoms with van der Waals surface area (Å²) < 4.78 is 41.3. The number of aromatic nitrogens is 3. The Hall–Kier alpha value is -2.83. The molecule has 3 rings (SSSR count). The summed E-state index contributed by atoms with van der Waals surface area (Å²) in [5.41, 5.74) is 2.85. The van der Waals surface area contributed by atoms with Gasteiger partial charge in [-0.15, -0.1) is 24.0 Å². The van der Waals surface area contributed by atoms with Crippen LogP contribution in [-0.4, -0.2) is 41.0 Å². The van der Waals surface area contributed by atoms with Crippen molar-refractivity contribution in [1.82, 2.24) is 25.8 Å². The van der Waals surface area contributed by atoms with Gasteiger partial charge in [0.1, 0.15) is 12.1 Å². The first-order valence-electron chi connectivity index (χ1n) is 9.10. The molecular weight excluding hydrogens is 524 g/mol. The van der Waals surface area contributed by atoms with Gasteiger partial charge in [-0.25, -0.2) is 4.98 Å². The molecule has 3 N–H and O–H groups in total. The molecule has 0 spiro atoms. The normalized spacial score (nSPS) is 11.5. The van der Waals surface area contributed by atoms with E-state index in [9.17, 15) is 13.2 Å². The first-order chi connectivity index (χ1) is 14.4. The zero-order valence-corrected chi connectivity index (χ0v) is 18.9. The monoisotopic (exact) mass is 546 g/mol. The average molecular weight is 546 g/mol. The molecule has 0 atom stereocenters. The van der Waals surface area contributed by atoms with E-state index in [4.69, 9.17) is 4.74 Å². The lowest BCUT2D eigenvalue weighted by Crippen LogP contribution is -2.36. The fourth-order valence-electron chi connectivity index (χ4n) is 2.63. The van der Waals surface area contributed by atoms with E-state index in [-0.39, 0.29) is 29.7 Å². The lowest BCUT2D eigenvalue weighted by Gasteiger charge is -2.13. The molecule has 2 aromatic carbocycles. The van der Waals surface area contributed by atoms with Crippen LogP contribution in [0.25, 0.3) is 11.4 Å². The van der Waals surface area contributed by atoms with Crippen molar-refractivity contribution in [2.45, 2.75) is 19.3 Å². The third kappa shape index (κ3) is 8.07. The highest BCUT2D eigenvalue weighted by Gasteiger charge is 2.28. The van der Waals surface area contributed by atoms with Crippen LogP contribution in [0.4, 0.5) is 13.2 Å². The highest BCUT2D eigenvalue weighted by Crippen LogP contribution is 2.19. The molecule has 11 heteroatoms. The SMILES string of the molecule is CN=C(NCc1ccc(OCC(F)(F)F)cc1)NCc1cccc(-c2ncn[nH]2)c1.I. The van der Waals surface area contributed by atoms with Gasteiger partial charge in [-0.2, -0.15) is 18.3 Å². The van der Waals surface area contributed by atoms with E-state index < -0.39 is 12.8 Å². The van der Waals surface area contributed by atoms with Crippen LogP contribution in [0.3, 0.4) is 0 Å². The highest BCUT2D eigenvalue weighted by atomic mass is 127. The van der Waals surface area contributed by atoms with Crippen LogP contribution < -0.4 is 15.4 Å². The summed E-state index contributed by atoms with van der Waals surface area (Å²) in [7, 11) is 1.66. The molecule has 166 valence electrons. The molecule has 7 nitrogen and oxygen atoms in total. The van der Waals surface area contributed by atoms with Crippen LogP contribution in [0.2, 0.25) is 0 Å². The fourth-order valence-corrected chi connectivity index (χ4v) is 2.63. The van der Waals surface area contributed by atoms with Gasteiger partial charge in [-0.05, 0) is 29.3 Å². The molecule has 0 aliphatic carbocycles. The molecule has 0 aliphatic rings. The number of aromatic amines is 1. The van der Waals surface area contributed by atoms with E-state index in [1.165, 1.54) is 18.5 Å². The average Bonchev–Trinajstić information content (AvgIpc) is 3.28. The number of ether oxygens (including phenoxy) is 1. The number of rotatable bonds is 7. The van der Waals surface area contributed by atoms with Gasteiger partial charge in [0, 0.05) is 25.7 Å². The minimum atomic E-state index is -4.35. The quantitative estimate of drug-likeness (QED) is 0.238. The number of alkyl halides is 3. The molecule has 0 saturated carbocycles. The van der Waals surface area contributed by atoms with E-state index in [0.717, 1.165) is 16.7 Å². The van der Waals surface area contributed by atoms with Gasteiger partial charge < -0.3 is 15.4 Å². The molecule has 0 bridgehead atoms. The molecule has 1 aromatic heterocycles. The lowest BCUT2D eigenvalue weighted by molar-refractivity contribution is -0.153. The second-order valence-corrected chi connectivity index (χ2v) is 6.36. The Morgan fingerprint density at radius 1 is 1.06 bits per heavy atom. The number of nitrogens with zero attached hydrogens (tertiary/aromatic N) is 3. The summed E-state index contributed by atoms with van der Waals surface area (Å²) in [6.07, 6.45) is -2.90. The van der Waals surface area contributed by atoms with E-state index in [2.05, 4.69) is 30.8 Å². The predicted octanol–water partition coefficient (Wildman–Crippen LogP) is 3.90. The van der Waals surface area contributed by atoms with Crippen molar-refractivity contribution in [3.8, 4) is 17.1 Å². The van der Waals surface area contributed by atoms with Gasteiger partial charge in [-0.3, -0.25) is 10.1 Å². The van der Waals surface area contributed by atoms with Gasteiger partial charge in [0.2, 0.25) is 0 Å². The third-order valence-electron chi connectivity index (χ3n) is 4.08. The Labute approximate surface area is 194 Å². The topological polar surface area (TPSA) is 87.2 Å². The maximum absolute atomic E-state index is 12.2. The molecule has 3 aromatic rings. The minimum Gasteiger partial charge on any atom is -0.484 e. The van der Waals surface area contributed by atoms with Crippen LogP contribution in [-0.2, 0) is 13.1 Å². The maximum Gasteiger partial charge on any atom is 0.422 e. The molecule has 0 fully saturated rings. The molecule has 0 aliphatic heterocycles. The predicted molar refractivity (Wildman–Crippen MR) is 122 cm³/mol. The van der Waals surface area contributed by atoms with Crippen molar-refractivity contribution in [2.24, 2.45) is 4.99 Å². The van der Waals surface area contributed by atoms with Crippen LogP contribution in [0.5, 0.6) is 5.75 Å². The number of hydrogen-bond donors (Lipinski definition) is 3. The van der Waals surface area contributed by atoms with Crippen LogP contribution >= 0.6 is 24.0 Å². The fraction of sp³-hybridized carbons (Fsp3) is 0.250. The summed E-state index contributed by atoms with van der Waals surface area (Å²) in [6, 6.07) is 14.3. The smallest absolute Gasteiger partial charge is 0.422 e. The molecule has 0 unspecified atom stereocenters. The Kier molecular flexibility index (Phi) is 9.09. The van der Waals surface area contributed by atoms with Crippen molar-refractivity contribution < 1.29 is 17.9 Å². The molecule has 0 radical (unpaired) electrons. The summed E-state index contributed by atoms with van der Waals surface area (Å²) in [6.45, 7) is -0.304. The van der Waals surface area contributed by atoms with E-state index in [1.54, 1.807) is 19.2 Å². The van der Waals surface area contributed by atoms with Crippen molar-refractivity contribution in [2.75, 3.05) is 13.7 Å². The second kappa shape index (κ2) is 11.5. The summed E-state index contributed by atoms with van der Waals surface area (Å²) in [5, 5.41) is 13.1. The van der Waals surface area contributed by atoms with Gasteiger partial charge in [0.25, 0.3) is 0 Å². The maximum atomic E-state index is 12.2. The lowest BCUT2D eigenvalue weighted by atomic mass is 10.1. The number of hydrogen-bond acceptors (Lipinski definition) is 4. The largest absolute Gasteiger partial charge is 0.484 e. The standard InChI is InChI=1S/C20H21F3N6O.HI/c1-24-19(25-10-14-5-7-17(8-6-14)30-12-20(21,22)23)26-11-15-3-2-4-16(9-15)18-27-13-28-29-18;/h2-9,13H,10-12H2,1H3,(H2,24,25,26)(H,27,28,29);1H. The van der Waals surface area contributed by atoms with Gasteiger partial charge in [-0.1, -0.05) is 30.3 Å². The zero-order valence-electron chi connectivity index (χ0n) is 16.6. The van der Waals surface area contributed by atoms with Gasteiger partial charge in [0.15, 0.2) is 18.4 Å². The number of benzene rings is 2. The number of H-pyrrole nitrogens is 1. The van der Waals surface area contributed by atoms with Crippen molar-refractivity contribution in [3.63, 3.8) is 0 Å². The summed E-state index contributed by atoms with van der Waals surface area (Å²) in [4.78, 5) is 8.32. The number of halogens is 4. The first kappa shape index (κ1) is 24.4. The summed E-state index contributed by atoms with van der Waals surface area (Å²) in [5.74, 6) is 1.46. The van der Waals surface area contributed by atoms with E-state index in [0.29, 0.717) is 24.9 Å². The highest BCUT2D eigenvalue weighted by molar-refractivity contribution is 14.0. The molecule has 1 heterocycles. The van der Waals surface area contributed by atoms with Crippen molar-refractivity contribution >= 4 is 29.9 Å². The molecule has 0 saturated heterocycles. The second-order valence-electron chi connectivity index (χ2n) is 6.36. The molecule has 0 amide bonds. The number of nitrogens with one attached hydrogen (secondary N) is 3. The van der Waals surface area contributed by atoms with E-state index >= 15 is 0 Å². The molecular formula is C20H22F3IN6O. The molecule has 31 heavy (non-hydrogen) atoms. The van der Waals surface area contributed by atoms with Crippen molar-refractivity contribution in [3.05, 3.63) is 66.0 Å². The van der Waals surface area contributed by atoms with Crippen LogP contribution in [0.15, 0.2) is 59.9 Å². The summed E-state index contributed by atoms with van der Waals surface area (Å²) >= 11 is 0. The van der Waals surface area contributed by atoms with Gasteiger partial charge in [0.05, 0.1) is 0 Å². The zero-order chi connectivity index (χ0) is 21.4. The first-order valence-corrected chi connectivity index (χ1v) is 9.10. The Bertz CT molecular complexity index is 962. The van der Waals surface area contributed by atoms with Crippen molar-refractivity contribution in [1.29, 1.82) is 0 Å². The van der Waals surface area contributed by atoms with Crippen LogP contribution in [0.1, 0.15) is 11.1 Å². The number of aliphatic imine (C=N–C) groups is 1.